The van der Waals surface area contributed by atoms with Crippen molar-refractivity contribution < 1.29 is 23.4 Å². The van der Waals surface area contributed by atoms with Crippen molar-refractivity contribution in [1.82, 2.24) is 15.0 Å². The van der Waals surface area contributed by atoms with Crippen LogP contribution in [-0.4, -0.2) is 34.7 Å². The Morgan fingerprint density at radius 2 is 1.97 bits per heavy atom. The van der Waals surface area contributed by atoms with Crippen LogP contribution in [0.2, 0.25) is 0 Å². The molecule has 3 aromatic rings. The number of carbonyl (C=O) groups is 1. The van der Waals surface area contributed by atoms with Crippen molar-refractivity contribution in [2.45, 2.75) is 59.0 Å². The maximum absolute atomic E-state index is 14.7. The Morgan fingerprint density at radius 3 is 2.67 bits per heavy atom. The number of methoxy groups -OCH3 is 1. The predicted molar refractivity (Wildman–Crippen MR) is 134 cm³/mol. The molecule has 36 heavy (non-hydrogen) atoms. The van der Waals surface area contributed by atoms with Crippen molar-refractivity contribution in [2.75, 3.05) is 13.7 Å². The summed E-state index contributed by atoms with van der Waals surface area (Å²) in [6.07, 6.45) is 3.28. The van der Waals surface area contributed by atoms with Crippen molar-refractivity contribution in [1.29, 1.82) is 0 Å². The van der Waals surface area contributed by atoms with Gasteiger partial charge in [-0.2, -0.15) is 0 Å². The number of benzene rings is 2. The van der Waals surface area contributed by atoms with Gasteiger partial charge in [-0.15, -0.1) is 5.10 Å². The maximum Gasteiger partial charge on any atom is 0.306 e. The van der Waals surface area contributed by atoms with E-state index in [9.17, 15) is 9.18 Å². The molecule has 1 heterocycles. The van der Waals surface area contributed by atoms with Gasteiger partial charge in [-0.1, -0.05) is 31.2 Å². The Bertz CT molecular complexity index is 1190. The Hall–Kier alpha value is -3.42. The van der Waals surface area contributed by atoms with E-state index < -0.39 is 5.82 Å². The van der Waals surface area contributed by atoms with Crippen LogP contribution in [0.15, 0.2) is 42.5 Å². The van der Waals surface area contributed by atoms with Crippen molar-refractivity contribution >= 4 is 5.97 Å². The van der Waals surface area contributed by atoms with Crippen molar-refractivity contribution in [3.05, 3.63) is 65.2 Å². The third-order valence-corrected chi connectivity index (χ3v) is 6.37. The maximum atomic E-state index is 14.7. The van der Waals surface area contributed by atoms with E-state index in [1.54, 1.807) is 19.2 Å². The fourth-order valence-corrected chi connectivity index (χ4v) is 4.45. The van der Waals surface area contributed by atoms with Gasteiger partial charge >= 0.3 is 5.97 Å². The smallest absolute Gasteiger partial charge is 0.306 e. The third kappa shape index (κ3) is 6.22. The van der Waals surface area contributed by atoms with Gasteiger partial charge in [-0.3, -0.25) is 4.79 Å². The molecule has 1 atom stereocenters. The van der Waals surface area contributed by atoms with E-state index in [1.807, 2.05) is 31.2 Å². The number of hydrogen-bond acceptors (Lipinski definition) is 6. The number of carbonyl (C=O) groups excluding carboxylic acids is 1. The summed E-state index contributed by atoms with van der Waals surface area (Å²) in [4.78, 5) is 12.2. The molecule has 0 radical (unpaired) electrons. The highest BCUT2D eigenvalue weighted by Gasteiger charge is 2.34. The average Bonchev–Trinajstić information content (AvgIpc) is 3.63. The number of hydrogen-bond donors (Lipinski definition) is 0. The van der Waals surface area contributed by atoms with Gasteiger partial charge in [0.15, 0.2) is 0 Å². The summed E-state index contributed by atoms with van der Waals surface area (Å²) in [6, 6.07) is 12.4. The highest BCUT2D eigenvalue weighted by Crippen LogP contribution is 2.45. The van der Waals surface area contributed by atoms with Crippen LogP contribution in [0.3, 0.4) is 0 Å². The number of nitrogens with zero attached hydrogens (tertiary/aromatic N) is 3. The fourth-order valence-electron chi connectivity index (χ4n) is 4.45. The molecule has 2 aromatic carbocycles. The van der Waals surface area contributed by atoms with Crippen LogP contribution in [0.5, 0.6) is 11.5 Å². The summed E-state index contributed by atoms with van der Waals surface area (Å²) in [5.41, 5.74) is 2.82. The van der Waals surface area contributed by atoms with E-state index >= 15 is 0 Å². The van der Waals surface area contributed by atoms with Gasteiger partial charge in [-0.05, 0) is 73.8 Å². The van der Waals surface area contributed by atoms with E-state index in [0.717, 1.165) is 24.1 Å². The summed E-state index contributed by atoms with van der Waals surface area (Å²) >= 11 is 0. The monoisotopic (exact) mass is 495 g/mol. The van der Waals surface area contributed by atoms with Crippen molar-refractivity contribution in [2.24, 2.45) is 11.8 Å². The SMILES string of the molecule is CCOC(=O)C[C@H](c1cccc(OCc2nnn(-c3cc(OC)ccc3F)c2CC(C)C)c1)C1CC1. The number of ether oxygens (including phenoxy) is 3. The van der Waals surface area contributed by atoms with Gasteiger partial charge in [0.1, 0.15) is 35.3 Å². The number of esters is 1. The van der Waals surface area contributed by atoms with Gasteiger partial charge in [0, 0.05) is 6.07 Å². The number of halogens is 1. The topological polar surface area (TPSA) is 75.5 Å². The van der Waals surface area contributed by atoms with Gasteiger partial charge in [-0.25, -0.2) is 9.07 Å². The summed E-state index contributed by atoms with van der Waals surface area (Å²) in [7, 11) is 1.54. The Balaban J connectivity index is 1.55. The number of rotatable bonds is 12. The first-order valence-electron chi connectivity index (χ1n) is 12.5. The number of aromatic nitrogens is 3. The van der Waals surface area contributed by atoms with E-state index in [2.05, 4.69) is 24.2 Å². The molecule has 1 aliphatic carbocycles. The lowest BCUT2D eigenvalue weighted by Gasteiger charge is -2.17. The minimum absolute atomic E-state index is 0.126. The van der Waals surface area contributed by atoms with E-state index in [1.165, 1.54) is 10.7 Å². The van der Waals surface area contributed by atoms with Crippen LogP contribution in [0.1, 0.15) is 62.9 Å². The van der Waals surface area contributed by atoms with E-state index in [-0.39, 0.29) is 24.2 Å². The highest BCUT2D eigenvalue weighted by atomic mass is 19.1. The molecular formula is C28H34FN3O4. The van der Waals surface area contributed by atoms with Gasteiger partial charge in [0.05, 0.1) is 25.8 Å². The minimum Gasteiger partial charge on any atom is -0.497 e. The Morgan fingerprint density at radius 1 is 1.17 bits per heavy atom. The van der Waals surface area contributed by atoms with Crippen LogP contribution in [0.4, 0.5) is 4.39 Å². The van der Waals surface area contributed by atoms with E-state index in [0.29, 0.717) is 48.5 Å². The standard InChI is InChI=1S/C28H34FN3O4/c1-5-35-28(33)16-23(19-9-10-19)20-7-6-8-22(14-20)36-17-25-27(13-18(2)3)32(31-30-25)26-15-21(34-4)11-12-24(26)29/h6-8,11-12,14-15,18-19,23H,5,9-10,13,16-17H2,1-4H3/t23-/m0/s1. The molecule has 4 rings (SSSR count). The minimum atomic E-state index is -0.404. The molecule has 1 fully saturated rings. The highest BCUT2D eigenvalue weighted by molar-refractivity contribution is 5.70. The molecule has 0 aliphatic heterocycles. The fraction of sp³-hybridized carbons (Fsp3) is 0.464. The molecule has 7 nitrogen and oxygen atoms in total. The second-order valence-electron chi connectivity index (χ2n) is 9.62. The van der Waals surface area contributed by atoms with Crippen LogP contribution in [0, 0.1) is 17.7 Å². The van der Waals surface area contributed by atoms with Crippen molar-refractivity contribution in [3.8, 4) is 17.2 Å². The largest absolute Gasteiger partial charge is 0.497 e. The molecular weight excluding hydrogens is 461 g/mol. The molecule has 1 aromatic heterocycles. The lowest BCUT2D eigenvalue weighted by atomic mass is 9.91. The predicted octanol–water partition coefficient (Wildman–Crippen LogP) is 5.64. The summed E-state index contributed by atoms with van der Waals surface area (Å²) in [6.45, 7) is 6.59. The summed E-state index contributed by atoms with van der Waals surface area (Å²) in [5, 5.41) is 8.59. The second-order valence-corrected chi connectivity index (χ2v) is 9.62. The molecule has 0 amide bonds. The lowest BCUT2D eigenvalue weighted by molar-refractivity contribution is -0.143. The van der Waals surface area contributed by atoms with Crippen LogP contribution >= 0.6 is 0 Å². The molecule has 0 spiro atoms. The van der Waals surface area contributed by atoms with Gasteiger partial charge in [0.2, 0.25) is 0 Å². The van der Waals surface area contributed by atoms with E-state index in [4.69, 9.17) is 14.2 Å². The Labute approximate surface area is 211 Å². The average molecular weight is 496 g/mol. The first-order valence-corrected chi connectivity index (χ1v) is 12.5. The van der Waals surface area contributed by atoms with Crippen LogP contribution in [0.25, 0.3) is 5.69 Å². The quantitative estimate of drug-likeness (QED) is 0.303. The molecule has 0 unspecified atom stereocenters. The molecule has 0 bridgehead atoms. The molecule has 8 heteroatoms. The molecule has 192 valence electrons. The first-order chi connectivity index (χ1) is 17.4. The Kier molecular flexibility index (Phi) is 8.23. The van der Waals surface area contributed by atoms with Crippen LogP contribution < -0.4 is 9.47 Å². The normalized spacial score (nSPS) is 14.1. The summed E-state index contributed by atoms with van der Waals surface area (Å²) < 4.78 is 32.8. The van der Waals surface area contributed by atoms with Gasteiger partial charge in [0.25, 0.3) is 0 Å². The second kappa shape index (κ2) is 11.5. The zero-order valence-corrected chi connectivity index (χ0v) is 21.4. The molecule has 1 aliphatic rings. The summed E-state index contributed by atoms with van der Waals surface area (Å²) in [5.74, 6) is 1.60. The van der Waals surface area contributed by atoms with Crippen molar-refractivity contribution in [3.63, 3.8) is 0 Å². The first kappa shape index (κ1) is 25.7. The third-order valence-electron chi connectivity index (χ3n) is 6.37. The van der Waals surface area contributed by atoms with Gasteiger partial charge < -0.3 is 14.2 Å². The van der Waals surface area contributed by atoms with Crippen LogP contribution in [-0.2, 0) is 22.6 Å². The molecule has 0 N–H and O–H groups in total. The lowest BCUT2D eigenvalue weighted by Crippen LogP contribution is -2.12. The molecule has 0 saturated heterocycles. The zero-order chi connectivity index (χ0) is 25.7. The molecule has 1 saturated carbocycles. The zero-order valence-electron chi connectivity index (χ0n) is 21.4.